The van der Waals surface area contributed by atoms with Crippen LogP contribution in [0.5, 0.6) is 0 Å². The average Bonchev–Trinajstić information content (AvgIpc) is 2.14. The predicted molar refractivity (Wildman–Crippen MR) is 55.0 cm³/mol. The van der Waals surface area contributed by atoms with Crippen LogP contribution in [0.4, 0.5) is 0 Å². The molecule has 0 heterocycles. The highest BCUT2D eigenvalue weighted by Gasteiger charge is 2.22. The van der Waals surface area contributed by atoms with Gasteiger partial charge in [0.05, 0.1) is 13.2 Å². The van der Waals surface area contributed by atoms with Crippen molar-refractivity contribution in [2.75, 3.05) is 26.8 Å². The van der Waals surface area contributed by atoms with E-state index in [9.17, 15) is 4.79 Å². The van der Waals surface area contributed by atoms with Gasteiger partial charge in [-0.05, 0) is 20.4 Å². The molecule has 1 atom stereocenters. The Morgan fingerprint density at radius 3 is 2.57 bits per heavy atom. The van der Waals surface area contributed by atoms with Crippen LogP contribution in [0.25, 0.3) is 0 Å². The number of carbonyl (C=O) groups is 1. The molecule has 0 aromatic carbocycles. The Kier molecular flexibility index (Phi) is 7.42. The van der Waals surface area contributed by atoms with Crippen molar-refractivity contribution in [3.05, 3.63) is 0 Å². The van der Waals surface area contributed by atoms with Gasteiger partial charge in [0.25, 0.3) is 0 Å². The summed E-state index contributed by atoms with van der Waals surface area (Å²) in [6.45, 7) is 4.80. The molecular weight excluding hydrogens is 182 g/mol. The number of aliphatic hydroxyl groups excluding tert-OH is 1. The molecule has 84 valence electrons. The van der Waals surface area contributed by atoms with Crippen LogP contribution in [-0.4, -0.2) is 48.8 Å². The van der Waals surface area contributed by atoms with Crippen molar-refractivity contribution >= 4 is 5.97 Å². The number of esters is 1. The smallest absolute Gasteiger partial charge is 0.323 e. The number of nitrogens with zero attached hydrogens (tertiary/aromatic N) is 1. The molecule has 4 heteroatoms. The monoisotopic (exact) mass is 203 g/mol. The van der Waals surface area contributed by atoms with Crippen molar-refractivity contribution in [2.24, 2.45) is 0 Å². The second-order valence-electron chi connectivity index (χ2n) is 3.26. The molecule has 0 rings (SSSR count). The number of rotatable bonds is 7. The van der Waals surface area contributed by atoms with E-state index in [0.717, 1.165) is 12.8 Å². The molecule has 0 spiro atoms. The van der Waals surface area contributed by atoms with E-state index in [1.54, 1.807) is 6.92 Å². The molecule has 0 fully saturated rings. The minimum atomic E-state index is -0.216. The molecule has 0 amide bonds. The summed E-state index contributed by atoms with van der Waals surface area (Å²) >= 11 is 0. The molecule has 0 bridgehead atoms. The van der Waals surface area contributed by atoms with Gasteiger partial charge in [0, 0.05) is 6.54 Å². The maximum Gasteiger partial charge on any atom is 0.323 e. The number of hydrogen-bond donors (Lipinski definition) is 1. The second-order valence-corrected chi connectivity index (χ2v) is 3.26. The molecule has 0 aromatic rings. The van der Waals surface area contributed by atoms with E-state index in [4.69, 9.17) is 9.84 Å². The Labute approximate surface area is 85.9 Å². The van der Waals surface area contributed by atoms with Gasteiger partial charge in [-0.25, -0.2) is 0 Å². The van der Waals surface area contributed by atoms with Crippen molar-refractivity contribution in [3.8, 4) is 0 Å². The van der Waals surface area contributed by atoms with E-state index in [1.807, 2.05) is 18.9 Å². The first-order chi connectivity index (χ1) is 6.67. The quantitative estimate of drug-likeness (QED) is 0.617. The molecule has 0 radical (unpaired) electrons. The number of carbonyl (C=O) groups excluding carboxylic acids is 1. The maximum absolute atomic E-state index is 11.5. The predicted octanol–water partition coefficient (Wildman–Crippen LogP) is 0.642. The van der Waals surface area contributed by atoms with Gasteiger partial charge in [-0.1, -0.05) is 13.3 Å². The normalized spacial score (nSPS) is 12.9. The first-order valence-electron chi connectivity index (χ1n) is 5.15. The zero-order valence-electron chi connectivity index (χ0n) is 9.32. The SMILES string of the molecule is CCCC(C(=O)OCC)N(C)CCO. The fourth-order valence-corrected chi connectivity index (χ4v) is 1.34. The summed E-state index contributed by atoms with van der Waals surface area (Å²) in [7, 11) is 1.83. The molecule has 0 aliphatic heterocycles. The van der Waals surface area contributed by atoms with E-state index in [0.29, 0.717) is 13.2 Å². The lowest BCUT2D eigenvalue weighted by Crippen LogP contribution is -2.41. The first-order valence-corrected chi connectivity index (χ1v) is 5.15. The fraction of sp³-hybridized carbons (Fsp3) is 0.900. The lowest BCUT2D eigenvalue weighted by atomic mass is 10.1. The summed E-state index contributed by atoms with van der Waals surface area (Å²) in [4.78, 5) is 13.3. The van der Waals surface area contributed by atoms with Crippen LogP contribution in [-0.2, 0) is 9.53 Å². The Morgan fingerprint density at radius 1 is 1.50 bits per heavy atom. The highest BCUT2D eigenvalue weighted by molar-refractivity contribution is 5.75. The third kappa shape index (κ3) is 4.58. The minimum absolute atomic E-state index is 0.0656. The van der Waals surface area contributed by atoms with E-state index in [1.165, 1.54) is 0 Å². The molecule has 1 unspecified atom stereocenters. The van der Waals surface area contributed by atoms with E-state index < -0.39 is 0 Å². The topological polar surface area (TPSA) is 49.8 Å². The van der Waals surface area contributed by atoms with Crippen molar-refractivity contribution in [2.45, 2.75) is 32.7 Å². The number of hydrogen-bond acceptors (Lipinski definition) is 4. The molecule has 0 saturated heterocycles. The molecule has 4 nitrogen and oxygen atoms in total. The van der Waals surface area contributed by atoms with E-state index >= 15 is 0 Å². The highest BCUT2D eigenvalue weighted by Crippen LogP contribution is 2.06. The Bertz CT molecular complexity index is 161. The van der Waals surface area contributed by atoms with Crippen LogP contribution in [0.1, 0.15) is 26.7 Å². The van der Waals surface area contributed by atoms with Crippen LogP contribution in [0.2, 0.25) is 0 Å². The Morgan fingerprint density at radius 2 is 2.14 bits per heavy atom. The zero-order chi connectivity index (χ0) is 11.0. The van der Waals surface area contributed by atoms with Crippen LogP contribution >= 0.6 is 0 Å². The van der Waals surface area contributed by atoms with Gasteiger partial charge < -0.3 is 9.84 Å². The van der Waals surface area contributed by atoms with Crippen molar-refractivity contribution < 1.29 is 14.6 Å². The van der Waals surface area contributed by atoms with Gasteiger partial charge in [0.1, 0.15) is 6.04 Å². The van der Waals surface area contributed by atoms with Crippen LogP contribution in [0.3, 0.4) is 0 Å². The molecule has 0 aliphatic carbocycles. The summed E-state index contributed by atoms with van der Waals surface area (Å²) < 4.78 is 4.96. The molecule has 1 N–H and O–H groups in total. The summed E-state index contributed by atoms with van der Waals surface area (Å²) in [5.41, 5.74) is 0. The van der Waals surface area contributed by atoms with Crippen molar-refractivity contribution in [1.29, 1.82) is 0 Å². The van der Waals surface area contributed by atoms with Gasteiger partial charge in [0.2, 0.25) is 0 Å². The maximum atomic E-state index is 11.5. The molecule has 0 aliphatic rings. The Balaban J connectivity index is 4.18. The van der Waals surface area contributed by atoms with Crippen LogP contribution in [0.15, 0.2) is 0 Å². The number of likely N-dealkylation sites (N-methyl/N-ethyl adjacent to an activating group) is 1. The molecule has 14 heavy (non-hydrogen) atoms. The Hall–Kier alpha value is -0.610. The van der Waals surface area contributed by atoms with E-state index in [-0.39, 0.29) is 18.6 Å². The number of aliphatic hydroxyl groups is 1. The molecule has 0 saturated carbocycles. The highest BCUT2D eigenvalue weighted by atomic mass is 16.5. The van der Waals surface area contributed by atoms with Gasteiger partial charge in [-0.2, -0.15) is 0 Å². The lowest BCUT2D eigenvalue weighted by Gasteiger charge is -2.25. The third-order valence-corrected chi connectivity index (χ3v) is 2.11. The second kappa shape index (κ2) is 7.76. The summed E-state index contributed by atoms with van der Waals surface area (Å²) in [6, 6.07) is -0.216. The summed E-state index contributed by atoms with van der Waals surface area (Å²) in [6.07, 6.45) is 1.70. The molecule has 0 aromatic heterocycles. The zero-order valence-corrected chi connectivity index (χ0v) is 9.32. The van der Waals surface area contributed by atoms with Gasteiger partial charge in [-0.15, -0.1) is 0 Å². The largest absolute Gasteiger partial charge is 0.465 e. The standard InChI is InChI=1S/C10H21NO3/c1-4-6-9(10(13)14-5-2)11(3)7-8-12/h9,12H,4-8H2,1-3H3. The van der Waals surface area contributed by atoms with Crippen molar-refractivity contribution in [3.63, 3.8) is 0 Å². The van der Waals surface area contributed by atoms with Crippen LogP contribution < -0.4 is 0 Å². The molecular formula is C10H21NO3. The van der Waals surface area contributed by atoms with E-state index in [2.05, 4.69) is 0 Å². The van der Waals surface area contributed by atoms with Crippen LogP contribution in [0, 0.1) is 0 Å². The fourth-order valence-electron chi connectivity index (χ4n) is 1.34. The average molecular weight is 203 g/mol. The first kappa shape index (κ1) is 13.4. The van der Waals surface area contributed by atoms with Gasteiger partial charge >= 0.3 is 5.97 Å². The minimum Gasteiger partial charge on any atom is -0.465 e. The summed E-state index contributed by atoms with van der Waals surface area (Å²) in [5, 5.41) is 8.77. The number of ether oxygens (including phenoxy) is 1. The van der Waals surface area contributed by atoms with Gasteiger partial charge in [0.15, 0.2) is 0 Å². The van der Waals surface area contributed by atoms with Crippen molar-refractivity contribution in [1.82, 2.24) is 4.90 Å². The third-order valence-electron chi connectivity index (χ3n) is 2.11. The lowest BCUT2D eigenvalue weighted by molar-refractivity contribution is -0.149. The summed E-state index contributed by atoms with van der Waals surface area (Å²) in [5.74, 6) is -0.190. The van der Waals surface area contributed by atoms with Gasteiger partial charge in [-0.3, -0.25) is 9.69 Å².